The summed E-state index contributed by atoms with van der Waals surface area (Å²) in [7, 11) is 0. The van der Waals surface area contributed by atoms with Gasteiger partial charge in [0.25, 0.3) is 11.1 Å². The first-order valence-electron chi connectivity index (χ1n) is 4.29. The van der Waals surface area contributed by atoms with Gasteiger partial charge in [0, 0.05) is 9.13 Å². The van der Waals surface area contributed by atoms with Crippen molar-refractivity contribution in [1.82, 2.24) is 5.32 Å². The van der Waals surface area contributed by atoms with Gasteiger partial charge in [-0.15, -0.1) is 0 Å². The van der Waals surface area contributed by atoms with Crippen LogP contribution in [-0.4, -0.2) is 16.3 Å². The number of carbonyl (C=O) groups is 2. The Morgan fingerprint density at radius 1 is 1.38 bits per heavy atom. The zero-order chi connectivity index (χ0) is 11.7. The van der Waals surface area contributed by atoms with E-state index in [2.05, 4.69) is 27.9 Å². The molecule has 1 aliphatic heterocycles. The lowest BCUT2D eigenvalue weighted by atomic mass is 10.2. The van der Waals surface area contributed by atoms with Crippen LogP contribution in [0.3, 0.4) is 0 Å². The van der Waals surface area contributed by atoms with E-state index in [4.69, 9.17) is 0 Å². The zero-order valence-electron chi connectivity index (χ0n) is 7.86. The molecule has 0 saturated carbocycles. The van der Waals surface area contributed by atoms with Crippen molar-refractivity contribution >= 4 is 51.6 Å². The van der Waals surface area contributed by atoms with Crippen LogP contribution < -0.4 is 5.32 Å². The maximum absolute atomic E-state index is 11.3. The second-order valence-corrected chi connectivity index (χ2v) is 5.32. The third-order valence-electron chi connectivity index (χ3n) is 1.92. The summed E-state index contributed by atoms with van der Waals surface area (Å²) in [5.41, 5.74) is 0.527. The van der Waals surface area contributed by atoms with Crippen molar-refractivity contribution < 1.29 is 14.7 Å². The van der Waals surface area contributed by atoms with E-state index in [1.165, 1.54) is 6.08 Å². The van der Waals surface area contributed by atoms with E-state index < -0.39 is 5.91 Å². The zero-order valence-corrected chi connectivity index (χ0v) is 10.8. The summed E-state index contributed by atoms with van der Waals surface area (Å²) in [6.45, 7) is 0. The highest BCUT2D eigenvalue weighted by atomic mass is 127. The highest BCUT2D eigenvalue weighted by Crippen LogP contribution is 2.29. The van der Waals surface area contributed by atoms with Crippen LogP contribution in [0.1, 0.15) is 5.56 Å². The second kappa shape index (κ2) is 4.46. The van der Waals surface area contributed by atoms with E-state index in [-0.39, 0.29) is 11.0 Å². The number of aromatic hydroxyl groups is 1. The van der Waals surface area contributed by atoms with Gasteiger partial charge in [-0.1, -0.05) is 0 Å². The number of amides is 2. The molecule has 0 radical (unpaired) electrons. The van der Waals surface area contributed by atoms with E-state index >= 15 is 0 Å². The molecule has 6 heteroatoms. The first-order valence-corrected chi connectivity index (χ1v) is 6.19. The Morgan fingerprint density at radius 3 is 2.75 bits per heavy atom. The topological polar surface area (TPSA) is 66.4 Å². The lowest BCUT2D eigenvalue weighted by Gasteiger charge is -2.00. The van der Waals surface area contributed by atoms with Crippen LogP contribution in [0, 0.1) is 3.57 Å². The number of nitrogens with one attached hydrogen (secondary N) is 1. The highest BCUT2D eigenvalue weighted by Gasteiger charge is 2.25. The van der Waals surface area contributed by atoms with Crippen LogP contribution in [0.15, 0.2) is 23.1 Å². The molecule has 1 saturated heterocycles. The molecule has 4 nitrogen and oxygen atoms in total. The van der Waals surface area contributed by atoms with Crippen LogP contribution in [0.4, 0.5) is 4.79 Å². The van der Waals surface area contributed by atoms with Crippen molar-refractivity contribution in [1.29, 1.82) is 0 Å². The number of imide groups is 1. The molecular formula is C10H6INO3S. The summed E-state index contributed by atoms with van der Waals surface area (Å²) < 4.78 is 0.942. The molecule has 0 unspecified atom stereocenters. The molecule has 0 spiro atoms. The number of phenolic OH excluding ortho intramolecular Hbond substituents is 1. The minimum Gasteiger partial charge on any atom is -0.507 e. The molecule has 82 valence electrons. The van der Waals surface area contributed by atoms with Gasteiger partial charge in [0.05, 0.1) is 4.91 Å². The normalized spacial score (nSPS) is 17.9. The largest absolute Gasteiger partial charge is 0.507 e. The Morgan fingerprint density at radius 2 is 2.12 bits per heavy atom. The molecule has 1 heterocycles. The smallest absolute Gasteiger partial charge is 0.290 e. The summed E-state index contributed by atoms with van der Waals surface area (Å²) in [6, 6.07) is 5.04. The fourth-order valence-electron chi connectivity index (χ4n) is 1.20. The number of halogens is 1. The second-order valence-electron chi connectivity index (χ2n) is 3.06. The van der Waals surface area contributed by atoms with Gasteiger partial charge in [0.2, 0.25) is 0 Å². The first-order chi connectivity index (χ1) is 7.56. The third-order valence-corrected chi connectivity index (χ3v) is 3.40. The van der Waals surface area contributed by atoms with Gasteiger partial charge in [-0.3, -0.25) is 14.9 Å². The number of phenols is 1. The van der Waals surface area contributed by atoms with E-state index in [1.54, 1.807) is 18.2 Å². The van der Waals surface area contributed by atoms with Crippen LogP contribution >= 0.6 is 34.4 Å². The summed E-state index contributed by atoms with van der Waals surface area (Å²) in [5, 5.41) is 11.3. The van der Waals surface area contributed by atoms with Gasteiger partial charge in [0.15, 0.2) is 0 Å². The average Bonchev–Trinajstić information content (AvgIpc) is 2.51. The molecule has 0 bridgehead atoms. The van der Waals surface area contributed by atoms with Crippen molar-refractivity contribution in [3.05, 3.63) is 32.2 Å². The Labute approximate surface area is 109 Å². The standard InChI is InChI=1S/C10H6INO3S/c11-6-1-2-7(13)5(3-6)4-8-9(14)12-10(15)16-8/h1-4,13H,(H,12,14,15)/b8-4+. The number of benzene rings is 1. The predicted octanol–water partition coefficient (Wildman–Crippen LogP) is 2.32. The fraction of sp³-hybridized carbons (Fsp3) is 0. The molecule has 0 aromatic heterocycles. The third kappa shape index (κ3) is 2.38. The monoisotopic (exact) mass is 347 g/mol. The maximum atomic E-state index is 11.3. The van der Waals surface area contributed by atoms with Crippen LogP contribution in [-0.2, 0) is 4.79 Å². The van der Waals surface area contributed by atoms with Crippen molar-refractivity contribution in [2.24, 2.45) is 0 Å². The van der Waals surface area contributed by atoms with Gasteiger partial charge in [-0.05, 0) is 58.6 Å². The highest BCUT2D eigenvalue weighted by molar-refractivity contribution is 14.1. The molecule has 1 aromatic carbocycles. The van der Waals surface area contributed by atoms with Gasteiger partial charge in [0.1, 0.15) is 5.75 Å². The van der Waals surface area contributed by atoms with E-state index in [0.717, 1.165) is 15.3 Å². The molecule has 1 fully saturated rings. The Bertz CT molecular complexity index is 513. The number of hydrogen-bond donors (Lipinski definition) is 2. The average molecular weight is 347 g/mol. The lowest BCUT2D eigenvalue weighted by molar-refractivity contribution is -0.115. The Balaban J connectivity index is 2.39. The van der Waals surface area contributed by atoms with Gasteiger partial charge < -0.3 is 5.11 Å². The molecule has 0 aliphatic carbocycles. The molecule has 2 N–H and O–H groups in total. The van der Waals surface area contributed by atoms with Crippen molar-refractivity contribution in [3.8, 4) is 5.75 Å². The summed E-state index contributed by atoms with van der Waals surface area (Å²) in [5.74, 6) is -0.339. The molecule has 0 atom stereocenters. The molecule has 2 rings (SSSR count). The van der Waals surface area contributed by atoms with Crippen molar-refractivity contribution in [3.63, 3.8) is 0 Å². The Kier molecular flexibility index (Phi) is 3.20. The lowest BCUT2D eigenvalue weighted by Crippen LogP contribution is -2.17. The molecule has 16 heavy (non-hydrogen) atoms. The van der Waals surface area contributed by atoms with E-state index in [0.29, 0.717) is 10.5 Å². The maximum Gasteiger partial charge on any atom is 0.290 e. The summed E-state index contributed by atoms with van der Waals surface area (Å²) >= 11 is 2.93. The van der Waals surface area contributed by atoms with Gasteiger partial charge in [-0.25, -0.2) is 0 Å². The van der Waals surface area contributed by atoms with E-state index in [1.807, 2.05) is 0 Å². The minimum atomic E-state index is -0.423. The number of carbonyl (C=O) groups excluding carboxylic acids is 2. The first kappa shape index (κ1) is 11.5. The number of rotatable bonds is 1. The minimum absolute atomic E-state index is 0.0839. The molecule has 1 aliphatic rings. The fourth-order valence-corrected chi connectivity index (χ4v) is 2.39. The van der Waals surface area contributed by atoms with E-state index in [9.17, 15) is 14.7 Å². The van der Waals surface area contributed by atoms with Gasteiger partial charge >= 0.3 is 0 Å². The molecular weight excluding hydrogens is 341 g/mol. The van der Waals surface area contributed by atoms with Gasteiger partial charge in [-0.2, -0.15) is 0 Å². The molecule has 2 amide bonds. The number of thioether (sulfide) groups is 1. The van der Waals surface area contributed by atoms with Crippen LogP contribution in [0.2, 0.25) is 0 Å². The molecule has 1 aromatic rings. The SMILES string of the molecule is O=C1NC(=O)/C(=C\c2cc(I)ccc2O)S1. The summed E-state index contributed by atoms with van der Waals surface area (Å²) in [4.78, 5) is 22.5. The number of hydrogen-bond acceptors (Lipinski definition) is 4. The van der Waals surface area contributed by atoms with Crippen molar-refractivity contribution in [2.45, 2.75) is 0 Å². The van der Waals surface area contributed by atoms with Crippen LogP contribution in [0.5, 0.6) is 5.75 Å². The van der Waals surface area contributed by atoms with Crippen molar-refractivity contribution in [2.75, 3.05) is 0 Å². The quantitative estimate of drug-likeness (QED) is 0.605. The summed E-state index contributed by atoms with van der Waals surface area (Å²) in [6.07, 6.45) is 1.50. The van der Waals surface area contributed by atoms with Crippen LogP contribution in [0.25, 0.3) is 6.08 Å². The Hall–Kier alpha value is -1.02. The predicted molar refractivity (Wildman–Crippen MR) is 69.9 cm³/mol.